The lowest BCUT2D eigenvalue weighted by Gasteiger charge is -2.41. The number of nitrogens with zero attached hydrogens (tertiary/aromatic N) is 3. The smallest absolute Gasteiger partial charge is 0.101 e. The molecule has 3 rings (SSSR count). The maximum atomic E-state index is 9.16. The van der Waals surface area contributed by atoms with Crippen molar-refractivity contribution in [3.05, 3.63) is 64.7 Å². The van der Waals surface area contributed by atoms with Crippen molar-refractivity contribution in [3.63, 3.8) is 0 Å². The molecule has 4 nitrogen and oxygen atoms in total. The van der Waals surface area contributed by atoms with Crippen molar-refractivity contribution in [1.29, 1.82) is 5.26 Å². The minimum absolute atomic E-state index is 0.315. The predicted molar refractivity (Wildman–Crippen MR) is 105 cm³/mol. The van der Waals surface area contributed by atoms with E-state index in [1.807, 2.05) is 18.2 Å². The van der Waals surface area contributed by atoms with Gasteiger partial charge in [0.2, 0.25) is 0 Å². The second kappa shape index (κ2) is 8.55. The quantitative estimate of drug-likeness (QED) is 0.770. The molecule has 0 saturated carbocycles. The van der Waals surface area contributed by atoms with Gasteiger partial charge in [-0.15, -0.1) is 0 Å². The SMILES string of the molecule is CC(C)N1C[C@@H](N(Cc2ccccc2)c2ccc(C#N)c(Cl)c2)CCO1. The summed E-state index contributed by atoms with van der Waals surface area (Å²) >= 11 is 6.31. The Bertz CT molecular complexity index is 773. The summed E-state index contributed by atoms with van der Waals surface area (Å²) in [5, 5.41) is 11.7. The fourth-order valence-electron chi connectivity index (χ4n) is 3.26. The number of hydroxylamine groups is 2. The Labute approximate surface area is 160 Å². The molecule has 2 aromatic carbocycles. The van der Waals surface area contributed by atoms with E-state index in [0.717, 1.165) is 25.2 Å². The van der Waals surface area contributed by atoms with E-state index >= 15 is 0 Å². The molecular weight excluding hydrogens is 346 g/mol. The number of benzene rings is 2. The van der Waals surface area contributed by atoms with Gasteiger partial charge in [-0.3, -0.25) is 4.84 Å². The molecular formula is C21H24ClN3O. The maximum absolute atomic E-state index is 9.16. The van der Waals surface area contributed by atoms with Gasteiger partial charge in [0.1, 0.15) is 6.07 Å². The zero-order chi connectivity index (χ0) is 18.5. The molecule has 0 aromatic heterocycles. The van der Waals surface area contributed by atoms with Crippen molar-refractivity contribution in [2.45, 2.75) is 38.9 Å². The molecule has 0 spiro atoms. The van der Waals surface area contributed by atoms with Crippen LogP contribution in [0.1, 0.15) is 31.4 Å². The van der Waals surface area contributed by atoms with Crippen LogP contribution in [0.4, 0.5) is 5.69 Å². The summed E-state index contributed by atoms with van der Waals surface area (Å²) in [5.41, 5.74) is 2.79. The molecule has 26 heavy (non-hydrogen) atoms. The Morgan fingerprint density at radius 1 is 1.27 bits per heavy atom. The number of halogens is 1. The third kappa shape index (κ3) is 4.37. The summed E-state index contributed by atoms with van der Waals surface area (Å²) in [6.45, 7) is 6.62. The van der Waals surface area contributed by atoms with Crippen LogP contribution in [0, 0.1) is 11.3 Å². The third-order valence-corrected chi connectivity index (χ3v) is 5.03. The molecule has 1 aliphatic heterocycles. The fraction of sp³-hybridized carbons (Fsp3) is 0.381. The Morgan fingerprint density at radius 2 is 2.04 bits per heavy atom. The zero-order valence-electron chi connectivity index (χ0n) is 15.2. The first-order chi connectivity index (χ1) is 12.6. The van der Waals surface area contributed by atoms with E-state index in [9.17, 15) is 0 Å². The molecule has 2 aromatic rings. The highest BCUT2D eigenvalue weighted by Crippen LogP contribution is 2.29. The topological polar surface area (TPSA) is 39.5 Å². The standard InChI is InChI=1S/C21H24ClN3O/c1-16(2)25-15-20(10-11-26-25)24(14-17-6-4-3-5-7-17)19-9-8-18(13-23)21(22)12-19/h3-9,12,16,20H,10-11,14-15H2,1-2H3/t20-/m0/s1. The highest BCUT2D eigenvalue weighted by atomic mass is 35.5. The summed E-state index contributed by atoms with van der Waals surface area (Å²) in [6, 6.07) is 18.9. The molecule has 5 heteroatoms. The molecule has 0 bridgehead atoms. The van der Waals surface area contributed by atoms with Gasteiger partial charge in [0.25, 0.3) is 0 Å². The van der Waals surface area contributed by atoms with E-state index in [1.54, 1.807) is 6.07 Å². The molecule has 1 aliphatic rings. The first-order valence-electron chi connectivity index (χ1n) is 8.98. The Kier molecular flexibility index (Phi) is 6.16. The molecule has 1 atom stereocenters. The third-order valence-electron chi connectivity index (χ3n) is 4.72. The summed E-state index contributed by atoms with van der Waals surface area (Å²) in [6.07, 6.45) is 0.952. The summed E-state index contributed by atoms with van der Waals surface area (Å²) in [4.78, 5) is 8.18. The van der Waals surface area contributed by atoms with Crippen LogP contribution in [0.15, 0.2) is 48.5 Å². The van der Waals surface area contributed by atoms with E-state index in [2.05, 4.69) is 54.1 Å². The van der Waals surface area contributed by atoms with Crippen LogP contribution in [-0.4, -0.2) is 30.3 Å². The average molecular weight is 370 g/mol. The van der Waals surface area contributed by atoms with Crippen molar-refractivity contribution < 1.29 is 4.84 Å². The lowest BCUT2D eigenvalue weighted by molar-refractivity contribution is -0.203. The van der Waals surface area contributed by atoms with Gasteiger partial charge in [-0.2, -0.15) is 10.3 Å². The van der Waals surface area contributed by atoms with Crippen LogP contribution in [0.3, 0.4) is 0 Å². The van der Waals surface area contributed by atoms with Crippen molar-refractivity contribution in [2.24, 2.45) is 0 Å². The molecule has 0 amide bonds. The van der Waals surface area contributed by atoms with Crippen LogP contribution >= 0.6 is 11.6 Å². The number of nitriles is 1. The molecule has 1 saturated heterocycles. The Balaban J connectivity index is 1.91. The van der Waals surface area contributed by atoms with Gasteiger partial charge in [0, 0.05) is 30.9 Å². The van der Waals surface area contributed by atoms with Crippen LogP contribution in [0.5, 0.6) is 0 Å². The molecule has 0 N–H and O–H groups in total. The lowest BCUT2D eigenvalue weighted by Crippen LogP contribution is -2.50. The first-order valence-corrected chi connectivity index (χ1v) is 9.36. The largest absolute Gasteiger partial charge is 0.363 e. The van der Waals surface area contributed by atoms with Gasteiger partial charge in [-0.05, 0) is 44.0 Å². The van der Waals surface area contributed by atoms with E-state index in [-0.39, 0.29) is 0 Å². The minimum Gasteiger partial charge on any atom is -0.363 e. The van der Waals surface area contributed by atoms with Crippen LogP contribution in [-0.2, 0) is 11.4 Å². The van der Waals surface area contributed by atoms with Gasteiger partial charge in [-0.25, -0.2) is 0 Å². The highest BCUT2D eigenvalue weighted by molar-refractivity contribution is 6.32. The van der Waals surface area contributed by atoms with Crippen molar-refractivity contribution in [3.8, 4) is 6.07 Å². The van der Waals surface area contributed by atoms with Crippen molar-refractivity contribution >= 4 is 17.3 Å². The van der Waals surface area contributed by atoms with Gasteiger partial charge in [0.05, 0.1) is 17.2 Å². The molecule has 1 fully saturated rings. The molecule has 1 heterocycles. The highest BCUT2D eigenvalue weighted by Gasteiger charge is 2.28. The summed E-state index contributed by atoms with van der Waals surface area (Å²) < 4.78 is 0. The molecule has 0 unspecified atom stereocenters. The lowest BCUT2D eigenvalue weighted by atomic mass is 10.1. The van der Waals surface area contributed by atoms with Crippen LogP contribution < -0.4 is 4.90 Å². The molecule has 136 valence electrons. The van der Waals surface area contributed by atoms with Crippen LogP contribution in [0.2, 0.25) is 5.02 Å². The monoisotopic (exact) mass is 369 g/mol. The normalized spacial score (nSPS) is 17.9. The molecule has 0 radical (unpaired) electrons. The molecule has 0 aliphatic carbocycles. The number of anilines is 1. The van der Waals surface area contributed by atoms with Crippen molar-refractivity contribution in [1.82, 2.24) is 5.06 Å². The fourth-order valence-corrected chi connectivity index (χ4v) is 3.47. The average Bonchev–Trinajstić information content (AvgIpc) is 2.67. The minimum atomic E-state index is 0.315. The maximum Gasteiger partial charge on any atom is 0.101 e. The van der Waals surface area contributed by atoms with Gasteiger partial charge < -0.3 is 4.90 Å². The van der Waals surface area contributed by atoms with Gasteiger partial charge >= 0.3 is 0 Å². The van der Waals surface area contributed by atoms with E-state index in [4.69, 9.17) is 21.7 Å². The Morgan fingerprint density at radius 3 is 2.69 bits per heavy atom. The number of hydrogen-bond acceptors (Lipinski definition) is 4. The predicted octanol–water partition coefficient (Wildman–Crippen LogP) is 4.63. The van der Waals surface area contributed by atoms with E-state index in [1.165, 1.54) is 5.56 Å². The van der Waals surface area contributed by atoms with E-state index < -0.39 is 0 Å². The second-order valence-corrected chi connectivity index (χ2v) is 7.27. The number of rotatable bonds is 5. The van der Waals surface area contributed by atoms with Gasteiger partial charge in [0.15, 0.2) is 0 Å². The first kappa shape index (κ1) is 18.7. The Hall–Kier alpha value is -2.06. The summed E-state index contributed by atoms with van der Waals surface area (Å²) in [7, 11) is 0. The number of hydrogen-bond donors (Lipinski definition) is 0. The van der Waals surface area contributed by atoms with Gasteiger partial charge in [-0.1, -0.05) is 41.9 Å². The van der Waals surface area contributed by atoms with Crippen molar-refractivity contribution in [2.75, 3.05) is 18.1 Å². The summed E-state index contributed by atoms with van der Waals surface area (Å²) in [5.74, 6) is 0. The van der Waals surface area contributed by atoms with E-state index in [0.29, 0.717) is 29.3 Å². The zero-order valence-corrected chi connectivity index (χ0v) is 16.0. The second-order valence-electron chi connectivity index (χ2n) is 6.86. The van der Waals surface area contributed by atoms with Crippen LogP contribution in [0.25, 0.3) is 0 Å².